The van der Waals surface area contributed by atoms with E-state index in [2.05, 4.69) is 16.9 Å². The molecule has 3 rings (SSSR count). The number of hydrogen-bond donors (Lipinski definition) is 0. The molecule has 1 aromatic heterocycles. The van der Waals surface area contributed by atoms with E-state index in [1.807, 2.05) is 33.5 Å². The van der Waals surface area contributed by atoms with Crippen molar-refractivity contribution in [2.75, 3.05) is 20.2 Å². The average Bonchev–Trinajstić information content (AvgIpc) is 2.91. The molecule has 0 saturated carbocycles. The summed E-state index contributed by atoms with van der Waals surface area (Å²) in [5, 5.41) is 4.45. The van der Waals surface area contributed by atoms with Gasteiger partial charge in [0.25, 0.3) is 0 Å². The highest BCUT2D eigenvalue weighted by molar-refractivity contribution is 7.71. The molecule has 1 fully saturated rings. The molecule has 5 nitrogen and oxygen atoms in total. The van der Waals surface area contributed by atoms with Gasteiger partial charge in [0, 0.05) is 18.8 Å². The molecule has 0 radical (unpaired) electrons. The van der Waals surface area contributed by atoms with Crippen molar-refractivity contribution in [3.05, 3.63) is 35.4 Å². The van der Waals surface area contributed by atoms with Crippen molar-refractivity contribution in [2.24, 2.45) is 5.92 Å². The Bertz CT molecular complexity index is 668. The lowest BCUT2D eigenvalue weighted by Crippen LogP contribution is -2.34. The number of methoxy groups -OCH3 is 1. The maximum Gasteiger partial charge on any atom is 0.203 e. The first-order valence-electron chi connectivity index (χ1n) is 7.68. The zero-order valence-corrected chi connectivity index (χ0v) is 13.9. The van der Waals surface area contributed by atoms with Crippen LogP contribution >= 0.6 is 12.2 Å². The highest BCUT2D eigenvalue weighted by Crippen LogP contribution is 2.18. The van der Waals surface area contributed by atoms with E-state index in [4.69, 9.17) is 17.0 Å². The van der Waals surface area contributed by atoms with Crippen LogP contribution < -0.4 is 4.74 Å². The van der Waals surface area contributed by atoms with Crippen molar-refractivity contribution in [3.8, 4) is 11.4 Å². The fraction of sp³-hybridized carbons (Fsp3) is 0.500. The molecule has 2 aromatic rings. The van der Waals surface area contributed by atoms with Gasteiger partial charge < -0.3 is 4.74 Å². The SMILES string of the molecule is COc1ccc(-n2cnn(CN3CCC(C)CC3)c2=S)cc1. The molecule has 118 valence electrons. The largest absolute Gasteiger partial charge is 0.497 e. The van der Waals surface area contributed by atoms with Gasteiger partial charge in [-0.2, -0.15) is 5.10 Å². The predicted molar refractivity (Wildman–Crippen MR) is 88.9 cm³/mol. The molecule has 0 atom stereocenters. The van der Waals surface area contributed by atoms with Crippen LogP contribution in [0.3, 0.4) is 0 Å². The molecule has 0 aliphatic carbocycles. The van der Waals surface area contributed by atoms with E-state index in [-0.39, 0.29) is 0 Å². The molecule has 1 saturated heterocycles. The van der Waals surface area contributed by atoms with Crippen LogP contribution in [-0.4, -0.2) is 39.4 Å². The van der Waals surface area contributed by atoms with Gasteiger partial charge in [-0.15, -0.1) is 0 Å². The summed E-state index contributed by atoms with van der Waals surface area (Å²) in [6, 6.07) is 7.84. The first-order chi connectivity index (χ1) is 10.7. The smallest absolute Gasteiger partial charge is 0.203 e. The van der Waals surface area contributed by atoms with E-state index in [9.17, 15) is 0 Å². The Morgan fingerprint density at radius 3 is 2.55 bits per heavy atom. The first kappa shape index (κ1) is 15.2. The van der Waals surface area contributed by atoms with E-state index in [0.29, 0.717) is 0 Å². The number of aromatic nitrogens is 3. The van der Waals surface area contributed by atoms with Crippen molar-refractivity contribution < 1.29 is 4.74 Å². The molecule has 0 amide bonds. The second kappa shape index (κ2) is 6.62. The van der Waals surface area contributed by atoms with Crippen LogP contribution in [-0.2, 0) is 6.67 Å². The molecule has 6 heteroatoms. The van der Waals surface area contributed by atoms with Gasteiger partial charge in [-0.05, 0) is 55.2 Å². The van der Waals surface area contributed by atoms with Gasteiger partial charge >= 0.3 is 0 Å². The third-order valence-corrected chi connectivity index (χ3v) is 4.70. The van der Waals surface area contributed by atoms with E-state index in [1.165, 1.54) is 12.8 Å². The molecule has 0 bridgehead atoms. The van der Waals surface area contributed by atoms with Gasteiger partial charge in [0.2, 0.25) is 4.77 Å². The van der Waals surface area contributed by atoms with Crippen LogP contribution in [0.25, 0.3) is 5.69 Å². The second-order valence-electron chi connectivity index (χ2n) is 5.92. The zero-order chi connectivity index (χ0) is 15.5. The normalized spacial score (nSPS) is 16.8. The minimum absolute atomic E-state index is 0.726. The summed E-state index contributed by atoms with van der Waals surface area (Å²) in [4.78, 5) is 2.42. The summed E-state index contributed by atoms with van der Waals surface area (Å²) in [6.45, 7) is 5.34. The van der Waals surface area contributed by atoms with E-state index >= 15 is 0 Å². The van der Waals surface area contributed by atoms with Crippen LogP contribution in [0.2, 0.25) is 0 Å². The number of benzene rings is 1. The fourth-order valence-corrected chi connectivity index (χ4v) is 3.00. The lowest BCUT2D eigenvalue weighted by Gasteiger charge is -2.29. The quantitative estimate of drug-likeness (QED) is 0.812. The summed E-state index contributed by atoms with van der Waals surface area (Å²) >= 11 is 5.57. The Morgan fingerprint density at radius 1 is 1.23 bits per heavy atom. The third kappa shape index (κ3) is 3.23. The Kier molecular flexibility index (Phi) is 4.59. The van der Waals surface area contributed by atoms with E-state index in [0.717, 1.165) is 41.9 Å². The number of rotatable bonds is 4. The molecule has 1 aliphatic rings. The van der Waals surface area contributed by atoms with Crippen molar-refractivity contribution in [2.45, 2.75) is 26.4 Å². The van der Waals surface area contributed by atoms with Crippen LogP contribution in [0, 0.1) is 10.7 Å². The van der Waals surface area contributed by atoms with Crippen LogP contribution in [0.4, 0.5) is 0 Å². The molecular formula is C16H22N4OS. The highest BCUT2D eigenvalue weighted by Gasteiger charge is 2.16. The zero-order valence-electron chi connectivity index (χ0n) is 13.1. The summed E-state index contributed by atoms with van der Waals surface area (Å²) in [7, 11) is 1.66. The Morgan fingerprint density at radius 2 is 1.91 bits per heavy atom. The monoisotopic (exact) mass is 318 g/mol. The van der Waals surface area contributed by atoms with Crippen molar-refractivity contribution in [1.29, 1.82) is 0 Å². The Labute approximate surface area is 136 Å². The number of likely N-dealkylation sites (tertiary alicyclic amines) is 1. The maximum absolute atomic E-state index is 5.57. The lowest BCUT2D eigenvalue weighted by molar-refractivity contribution is 0.146. The molecule has 2 heterocycles. The van der Waals surface area contributed by atoms with Crippen molar-refractivity contribution in [1.82, 2.24) is 19.2 Å². The number of nitrogens with zero attached hydrogens (tertiary/aromatic N) is 4. The van der Waals surface area contributed by atoms with Gasteiger partial charge in [0.15, 0.2) is 0 Å². The second-order valence-corrected chi connectivity index (χ2v) is 6.29. The lowest BCUT2D eigenvalue weighted by atomic mass is 10.00. The number of hydrogen-bond acceptors (Lipinski definition) is 4. The van der Waals surface area contributed by atoms with Gasteiger partial charge in [0.05, 0.1) is 13.8 Å². The van der Waals surface area contributed by atoms with Gasteiger partial charge in [-0.3, -0.25) is 9.47 Å². The predicted octanol–water partition coefficient (Wildman–Crippen LogP) is 3.10. The Hall–Kier alpha value is -1.66. The van der Waals surface area contributed by atoms with Crippen LogP contribution in [0.15, 0.2) is 30.6 Å². The summed E-state index contributed by atoms with van der Waals surface area (Å²) < 4.78 is 9.74. The van der Waals surface area contributed by atoms with Crippen LogP contribution in [0.1, 0.15) is 19.8 Å². The van der Waals surface area contributed by atoms with Gasteiger partial charge in [-0.1, -0.05) is 6.92 Å². The molecule has 0 spiro atoms. The molecule has 0 unspecified atom stereocenters. The third-order valence-electron chi connectivity index (χ3n) is 4.29. The van der Waals surface area contributed by atoms with Gasteiger partial charge in [0.1, 0.15) is 12.1 Å². The van der Waals surface area contributed by atoms with E-state index in [1.54, 1.807) is 13.4 Å². The summed E-state index contributed by atoms with van der Waals surface area (Å²) in [5.74, 6) is 1.67. The van der Waals surface area contributed by atoms with Crippen LogP contribution in [0.5, 0.6) is 5.75 Å². The number of ether oxygens (including phenoxy) is 1. The Balaban J connectivity index is 1.75. The molecule has 22 heavy (non-hydrogen) atoms. The molecule has 1 aliphatic heterocycles. The van der Waals surface area contributed by atoms with Gasteiger partial charge in [-0.25, -0.2) is 4.68 Å². The topological polar surface area (TPSA) is 35.2 Å². The minimum atomic E-state index is 0.726. The fourth-order valence-electron chi connectivity index (χ4n) is 2.75. The summed E-state index contributed by atoms with van der Waals surface area (Å²) in [5.41, 5.74) is 1.00. The molecule has 0 N–H and O–H groups in total. The van der Waals surface area contributed by atoms with Crippen molar-refractivity contribution in [3.63, 3.8) is 0 Å². The van der Waals surface area contributed by atoms with Crippen molar-refractivity contribution >= 4 is 12.2 Å². The van der Waals surface area contributed by atoms with E-state index < -0.39 is 0 Å². The average molecular weight is 318 g/mol. The standard InChI is InChI=1S/C16H22N4OS/c1-13-7-9-18(10-8-13)12-20-16(22)19(11-17-20)14-3-5-15(21-2)6-4-14/h3-6,11,13H,7-10,12H2,1-2H3. The molecular weight excluding hydrogens is 296 g/mol. The summed E-state index contributed by atoms with van der Waals surface area (Å²) in [6.07, 6.45) is 4.30. The minimum Gasteiger partial charge on any atom is -0.497 e. The maximum atomic E-state index is 5.57. The first-order valence-corrected chi connectivity index (χ1v) is 8.09. The molecule has 1 aromatic carbocycles. The number of piperidine rings is 1. The highest BCUT2D eigenvalue weighted by atomic mass is 32.1.